The summed E-state index contributed by atoms with van der Waals surface area (Å²) in [6.07, 6.45) is 1.62. The third-order valence-electron chi connectivity index (χ3n) is 5.34. The average molecular weight is 390 g/mol. The maximum atomic E-state index is 13.2. The van der Waals surface area contributed by atoms with E-state index in [9.17, 15) is 14.4 Å². The van der Waals surface area contributed by atoms with Crippen LogP contribution in [0.25, 0.3) is 0 Å². The Morgan fingerprint density at radius 1 is 1.03 bits per heavy atom. The quantitative estimate of drug-likeness (QED) is 0.844. The van der Waals surface area contributed by atoms with Gasteiger partial charge < -0.3 is 15.5 Å². The Morgan fingerprint density at radius 3 is 2.41 bits per heavy atom. The molecule has 2 heterocycles. The average Bonchev–Trinajstić information content (AvgIpc) is 3.01. The van der Waals surface area contributed by atoms with Gasteiger partial charge in [-0.1, -0.05) is 35.9 Å². The lowest BCUT2D eigenvalue weighted by Crippen LogP contribution is -2.65. The van der Waals surface area contributed by atoms with Crippen molar-refractivity contribution in [2.75, 3.05) is 17.3 Å². The van der Waals surface area contributed by atoms with Crippen molar-refractivity contribution >= 4 is 29.2 Å². The van der Waals surface area contributed by atoms with Gasteiger partial charge in [-0.05, 0) is 37.6 Å². The van der Waals surface area contributed by atoms with Crippen molar-refractivity contribution in [2.24, 2.45) is 0 Å². The molecule has 148 valence electrons. The third kappa shape index (κ3) is 3.24. The zero-order valence-electron chi connectivity index (χ0n) is 16.5. The number of aryl methyl sites for hydroxylation is 2. The Kier molecular flexibility index (Phi) is 4.58. The summed E-state index contributed by atoms with van der Waals surface area (Å²) in [5, 5.41) is 5.70. The molecule has 0 bridgehead atoms. The molecule has 29 heavy (non-hydrogen) atoms. The molecule has 0 spiro atoms. The highest BCUT2D eigenvalue weighted by Gasteiger charge is 2.49. The van der Waals surface area contributed by atoms with E-state index >= 15 is 0 Å². The number of carbonyl (C=O) groups is 3. The number of nitrogens with one attached hydrogen (secondary N) is 2. The number of carbonyl (C=O) groups excluding carboxylic acids is 3. The zero-order valence-corrected chi connectivity index (χ0v) is 16.5. The lowest BCUT2D eigenvalue weighted by molar-refractivity contribution is -0.122. The lowest BCUT2D eigenvalue weighted by Gasteiger charge is -2.37. The summed E-state index contributed by atoms with van der Waals surface area (Å²) in [7, 11) is 1.73. The van der Waals surface area contributed by atoms with Crippen LogP contribution in [0.4, 0.5) is 16.2 Å². The zero-order chi connectivity index (χ0) is 20.7. The van der Waals surface area contributed by atoms with Crippen LogP contribution in [0.15, 0.2) is 60.3 Å². The van der Waals surface area contributed by atoms with Crippen LogP contribution in [0.3, 0.4) is 0 Å². The molecular weight excluding hydrogens is 368 g/mol. The van der Waals surface area contributed by atoms with Gasteiger partial charge in [0.15, 0.2) is 0 Å². The Balaban J connectivity index is 1.58. The van der Waals surface area contributed by atoms with E-state index in [4.69, 9.17) is 0 Å². The summed E-state index contributed by atoms with van der Waals surface area (Å²) in [5.74, 6) is -0.699. The SMILES string of the molecule is Cc1ccc(N2C(=O)NC3C(C(=O)Nc4ccccc4C)=CN(C)C3C2=O)cc1. The molecule has 0 radical (unpaired) electrons. The molecule has 2 aliphatic heterocycles. The van der Waals surface area contributed by atoms with Crippen molar-refractivity contribution in [3.8, 4) is 0 Å². The van der Waals surface area contributed by atoms with E-state index in [0.717, 1.165) is 16.0 Å². The first-order valence-corrected chi connectivity index (χ1v) is 9.38. The van der Waals surface area contributed by atoms with Crippen molar-refractivity contribution in [3.05, 3.63) is 71.4 Å². The number of nitrogens with zero attached hydrogens (tertiary/aromatic N) is 2. The largest absolute Gasteiger partial charge is 0.366 e. The summed E-state index contributed by atoms with van der Waals surface area (Å²) in [4.78, 5) is 41.6. The lowest BCUT2D eigenvalue weighted by atomic mass is 9.98. The van der Waals surface area contributed by atoms with Gasteiger partial charge in [-0.15, -0.1) is 0 Å². The van der Waals surface area contributed by atoms with Crippen LogP contribution in [0, 0.1) is 13.8 Å². The molecule has 2 aromatic carbocycles. The molecule has 2 atom stereocenters. The van der Waals surface area contributed by atoms with E-state index in [2.05, 4.69) is 10.6 Å². The number of likely N-dealkylation sites (N-methyl/N-ethyl adjacent to an activating group) is 1. The number of para-hydroxylation sites is 1. The van der Waals surface area contributed by atoms with Crippen LogP contribution >= 0.6 is 0 Å². The minimum absolute atomic E-state index is 0.337. The van der Waals surface area contributed by atoms with Crippen LogP contribution in [-0.4, -0.2) is 41.9 Å². The normalized spacial score (nSPS) is 20.9. The predicted molar refractivity (Wildman–Crippen MR) is 110 cm³/mol. The third-order valence-corrected chi connectivity index (χ3v) is 5.34. The van der Waals surface area contributed by atoms with Crippen molar-refractivity contribution in [1.82, 2.24) is 10.2 Å². The highest BCUT2D eigenvalue weighted by atomic mass is 16.2. The molecule has 7 nitrogen and oxygen atoms in total. The minimum atomic E-state index is -0.703. The number of fused-ring (bicyclic) bond motifs is 1. The number of benzene rings is 2. The van der Waals surface area contributed by atoms with Gasteiger partial charge in [0.2, 0.25) is 0 Å². The van der Waals surface area contributed by atoms with Gasteiger partial charge in [0, 0.05) is 18.9 Å². The minimum Gasteiger partial charge on any atom is -0.366 e. The number of hydrogen-bond acceptors (Lipinski definition) is 4. The second-order valence-electron chi connectivity index (χ2n) is 7.40. The van der Waals surface area contributed by atoms with E-state index < -0.39 is 18.1 Å². The van der Waals surface area contributed by atoms with Crippen LogP contribution in [0.2, 0.25) is 0 Å². The van der Waals surface area contributed by atoms with Crippen LogP contribution in [-0.2, 0) is 9.59 Å². The van der Waals surface area contributed by atoms with Gasteiger partial charge in [-0.25, -0.2) is 9.69 Å². The first-order chi connectivity index (χ1) is 13.9. The molecule has 4 rings (SSSR count). The highest BCUT2D eigenvalue weighted by molar-refractivity contribution is 6.20. The molecule has 4 amide bonds. The maximum Gasteiger partial charge on any atom is 0.329 e. The van der Waals surface area contributed by atoms with Crippen LogP contribution in [0.5, 0.6) is 0 Å². The molecule has 1 fully saturated rings. The Hall–Kier alpha value is -3.61. The monoisotopic (exact) mass is 390 g/mol. The van der Waals surface area contributed by atoms with Gasteiger partial charge in [0.1, 0.15) is 6.04 Å². The molecule has 1 saturated heterocycles. The number of hydrogen-bond donors (Lipinski definition) is 2. The summed E-state index contributed by atoms with van der Waals surface area (Å²) in [6, 6.07) is 12.7. The van der Waals surface area contributed by atoms with E-state index in [1.54, 1.807) is 30.3 Å². The second kappa shape index (κ2) is 7.09. The van der Waals surface area contributed by atoms with Gasteiger partial charge in [0.05, 0.1) is 17.3 Å². The van der Waals surface area contributed by atoms with E-state index in [1.807, 2.05) is 50.2 Å². The van der Waals surface area contributed by atoms with Gasteiger partial charge in [-0.2, -0.15) is 0 Å². The summed E-state index contributed by atoms with van der Waals surface area (Å²) in [6.45, 7) is 3.84. The summed E-state index contributed by atoms with van der Waals surface area (Å²) < 4.78 is 0. The molecule has 0 saturated carbocycles. The highest BCUT2D eigenvalue weighted by Crippen LogP contribution is 2.30. The molecule has 2 aliphatic rings. The van der Waals surface area contributed by atoms with Crippen LogP contribution < -0.4 is 15.5 Å². The summed E-state index contributed by atoms with van der Waals surface area (Å²) >= 11 is 0. The first kappa shape index (κ1) is 18.7. The second-order valence-corrected chi connectivity index (χ2v) is 7.40. The van der Waals surface area contributed by atoms with E-state index in [0.29, 0.717) is 16.9 Å². The summed E-state index contributed by atoms with van der Waals surface area (Å²) in [5.41, 5.74) is 3.51. The van der Waals surface area contributed by atoms with Crippen molar-refractivity contribution in [3.63, 3.8) is 0 Å². The molecule has 2 unspecified atom stereocenters. The van der Waals surface area contributed by atoms with Crippen molar-refractivity contribution < 1.29 is 14.4 Å². The number of urea groups is 1. The molecule has 2 aromatic rings. The molecule has 2 N–H and O–H groups in total. The standard InChI is InChI=1S/C22H22N4O3/c1-13-8-10-15(11-9-13)26-21(28)19-18(24-22(26)29)16(12-25(19)3)20(27)23-17-7-5-4-6-14(17)2/h4-12,18-19H,1-3H3,(H,23,27)(H,24,29). The Labute approximate surface area is 169 Å². The van der Waals surface area contributed by atoms with E-state index in [1.165, 1.54) is 0 Å². The Bertz CT molecular complexity index is 1030. The molecular formula is C22H22N4O3. The first-order valence-electron chi connectivity index (χ1n) is 9.38. The van der Waals surface area contributed by atoms with Crippen molar-refractivity contribution in [2.45, 2.75) is 25.9 Å². The Morgan fingerprint density at radius 2 is 1.72 bits per heavy atom. The number of rotatable bonds is 3. The molecule has 7 heteroatoms. The number of anilines is 2. The van der Waals surface area contributed by atoms with Crippen molar-refractivity contribution in [1.29, 1.82) is 0 Å². The fourth-order valence-electron chi connectivity index (χ4n) is 3.73. The predicted octanol–water partition coefficient (Wildman–Crippen LogP) is 2.56. The van der Waals surface area contributed by atoms with Crippen LogP contribution in [0.1, 0.15) is 11.1 Å². The molecule has 0 aliphatic carbocycles. The van der Waals surface area contributed by atoms with Gasteiger partial charge in [-0.3, -0.25) is 9.59 Å². The fourth-order valence-corrected chi connectivity index (χ4v) is 3.73. The van der Waals surface area contributed by atoms with Gasteiger partial charge >= 0.3 is 6.03 Å². The maximum absolute atomic E-state index is 13.2. The topological polar surface area (TPSA) is 81.8 Å². The van der Waals surface area contributed by atoms with Gasteiger partial charge in [0.25, 0.3) is 11.8 Å². The fraction of sp³-hybridized carbons (Fsp3) is 0.227. The van der Waals surface area contributed by atoms with E-state index in [-0.39, 0.29) is 11.8 Å². The number of amides is 4. The smallest absolute Gasteiger partial charge is 0.329 e. The number of imide groups is 1. The molecule has 0 aromatic heterocycles.